The van der Waals surface area contributed by atoms with Crippen LogP contribution in [0.4, 0.5) is 5.69 Å². The Morgan fingerprint density at radius 2 is 0.865 bits per heavy atom. The molecule has 52 heavy (non-hydrogen) atoms. The van der Waals surface area contributed by atoms with Crippen LogP contribution >= 0.6 is 0 Å². The molecule has 242 valence electrons. The smallest absolute Gasteiger partial charge is 0.238 e. The van der Waals surface area contributed by atoms with Crippen LogP contribution in [0.5, 0.6) is 0 Å². The average molecular weight is 664 g/mol. The number of rotatable bonds is 5. The zero-order valence-corrected chi connectivity index (χ0v) is 28.0. The van der Waals surface area contributed by atoms with Gasteiger partial charge in [0.25, 0.3) is 0 Å². The topological polar surface area (TPSA) is 40.0 Å². The van der Waals surface area contributed by atoms with E-state index in [1.807, 2.05) is 60.7 Å². The molecule has 0 aliphatic heterocycles. The lowest BCUT2D eigenvalue weighted by molar-refractivity contribution is 1.14. The van der Waals surface area contributed by atoms with E-state index in [1.54, 1.807) is 0 Å². The third kappa shape index (κ3) is 4.49. The van der Waals surface area contributed by atoms with E-state index < -0.39 is 0 Å². The summed E-state index contributed by atoms with van der Waals surface area (Å²) in [5.74, 6) is 0.565. The lowest BCUT2D eigenvalue weighted by atomic mass is 10.0. The Labute approximate surface area is 300 Å². The highest BCUT2D eigenvalue weighted by atomic mass is 15.1. The quantitative estimate of drug-likeness (QED) is 0.172. The molecule has 0 saturated heterocycles. The Morgan fingerprint density at radius 1 is 0.404 bits per heavy atom. The first kappa shape index (κ1) is 29.6. The molecule has 5 heteroatoms. The molecule has 3 aromatic heterocycles. The molecule has 0 atom stereocenters. The fourth-order valence-electron chi connectivity index (χ4n) is 7.73. The van der Waals surface area contributed by atoms with Gasteiger partial charge in [0.05, 0.1) is 40.0 Å². The molecule has 0 radical (unpaired) electrons. The van der Waals surface area contributed by atoms with Crippen molar-refractivity contribution in [1.82, 2.24) is 19.1 Å². The second-order valence-electron chi connectivity index (χ2n) is 12.9. The van der Waals surface area contributed by atoms with E-state index in [-0.39, 0.29) is 0 Å². The summed E-state index contributed by atoms with van der Waals surface area (Å²) in [5, 5.41) is 4.62. The minimum Gasteiger partial charge on any atom is -0.307 e. The highest BCUT2D eigenvalue weighted by molar-refractivity contribution is 6.25. The largest absolute Gasteiger partial charge is 0.307 e. The molecule has 5 nitrogen and oxygen atoms in total. The van der Waals surface area contributed by atoms with E-state index in [2.05, 4.69) is 129 Å². The zero-order chi connectivity index (χ0) is 34.6. The molecule has 10 rings (SSSR count). The lowest BCUT2D eigenvalue weighted by Crippen LogP contribution is -2.01. The lowest BCUT2D eigenvalue weighted by Gasteiger charge is -2.15. The summed E-state index contributed by atoms with van der Waals surface area (Å²) in [4.78, 5) is 14.5. The summed E-state index contributed by atoms with van der Waals surface area (Å²) in [6, 6.07) is 60.7. The molecule has 0 N–H and O–H groups in total. The highest BCUT2D eigenvalue weighted by Crippen LogP contribution is 2.45. The Kier molecular flexibility index (Phi) is 6.80. The third-order valence-electron chi connectivity index (χ3n) is 9.94. The molecule has 0 aliphatic rings. The number of benzene rings is 7. The Hall–Kier alpha value is -7.29. The first-order valence-corrected chi connectivity index (χ1v) is 17.3. The fraction of sp³-hybridized carbons (Fsp3) is 0. The molecule has 10 aromatic rings. The van der Waals surface area contributed by atoms with Crippen LogP contribution in [0.3, 0.4) is 0 Å². The molecule has 0 spiro atoms. The molecular formula is C47H29N5. The monoisotopic (exact) mass is 663 g/mol. The van der Waals surface area contributed by atoms with Gasteiger partial charge in [0.1, 0.15) is 0 Å². The zero-order valence-electron chi connectivity index (χ0n) is 28.0. The molecule has 0 fully saturated rings. The van der Waals surface area contributed by atoms with Crippen molar-refractivity contribution in [3.8, 4) is 45.3 Å². The molecule has 7 aromatic carbocycles. The number of fused-ring (bicyclic) bond motifs is 7. The van der Waals surface area contributed by atoms with Gasteiger partial charge < -0.3 is 9.13 Å². The van der Waals surface area contributed by atoms with Crippen molar-refractivity contribution in [2.24, 2.45) is 0 Å². The van der Waals surface area contributed by atoms with Gasteiger partial charge in [-0.1, -0.05) is 140 Å². The van der Waals surface area contributed by atoms with Crippen molar-refractivity contribution in [3.05, 3.63) is 187 Å². The maximum atomic E-state index is 8.30. The van der Waals surface area contributed by atoms with Crippen molar-refractivity contribution in [1.29, 1.82) is 0 Å². The number of aromatic nitrogens is 4. The van der Waals surface area contributed by atoms with Crippen LogP contribution in [0, 0.1) is 6.57 Å². The van der Waals surface area contributed by atoms with Gasteiger partial charge in [0.15, 0.2) is 5.82 Å². The minimum atomic E-state index is 0.436. The summed E-state index contributed by atoms with van der Waals surface area (Å²) in [7, 11) is 0. The second kappa shape index (κ2) is 11.9. The van der Waals surface area contributed by atoms with Gasteiger partial charge in [-0.05, 0) is 47.5 Å². The molecule has 0 aliphatic carbocycles. The summed E-state index contributed by atoms with van der Waals surface area (Å²) in [6.45, 7) is 8.30. The fourth-order valence-corrected chi connectivity index (χ4v) is 7.73. The van der Waals surface area contributed by atoms with Crippen molar-refractivity contribution in [3.63, 3.8) is 0 Å². The number of hydrogen-bond acceptors (Lipinski definition) is 2. The summed E-state index contributed by atoms with van der Waals surface area (Å²) < 4.78 is 4.78. The molecule has 0 saturated carbocycles. The van der Waals surface area contributed by atoms with Gasteiger partial charge in [0, 0.05) is 38.5 Å². The SMILES string of the molecule is [C-]#[N+]c1c(-c2ccccc2)nc(-c2cccc3c4ccc5c6ccccc6n(-c6ccccc6)c5c4n(-c4ccccc4)c23)nc1-c1ccccc1. The maximum Gasteiger partial charge on any atom is 0.238 e. The van der Waals surface area contributed by atoms with Crippen molar-refractivity contribution >= 4 is 49.3 Å². The van der Waals surface area contributed by atoms with E-state index in [9.17, 15) is 0 Å². The predicted octanol–water partition coefficient (Wildman–Crippen LogP) is 12.2. The number of hydrogen-bond donors (Lipinski definition) is 0. The Balaban J connectivity index is 1.39. The molecular weight excluding hydrogens is 635 g/mol. The van der Waals surface area contributed by atoms with E-state index in [0.717, 1.165) is 60.9 Å². The first-order chi connectivity index (χ1) is 25.8. The van der Waals surface area contributed by atoms with Crippen LogP contribution in [0.25, 0.3) is 93.7 Å². The molecule has 3 heterocycles. The number of para-hydroxylation sites is 4. The summed E-state index contributed by atoms with van der Waals surface area (Å²) in [6.07, 6.45) is 0. The third-order valence-corrected chi connectivity index (χ3v) is 9.94. The molecule has 0 amide bonds. The van der Waals surface area contributed by atoms with E-state index >= 15 is 0 Å². The standard InChI is InChI=1S/C47H29N5/c1-48-43-41(31-17-6-2-7-18-31)49-47(50-42(43)32-19-8-3-9-20-32)39-27-16-26-36-38-30-29-37-35-25-14-15-28-40(35)51(33-21-10-4-11-22-33)45(37)46(38)52(44(36)39)34-23-12-5-13-24-34/h2-30H. The van der Waals surface area contributed by atoms with Crippen molar-refractivity contribution in [2.45, 2.75) is 0 Å². The Morgan fingerprint density at radius 3 is 1.46 bits per heavy atom. The van der Waals surface area contributed by atoms with Crippen LogP contribution in [-0.4, -0.2) is 19.1 Å². The highest BCUT2D eigenvalue weighted by Gasteiger charge is 2.25. The van der Waals surface area contributed by atoms with E-state index in [1.165, 1.54) is 10.8 Å². The number of nitrogens with zero attached hydrogens (tertiary/aromatic N) is 5. The van der Waals surface area contributed by atoms with Crippen LogP contribution in [0.2, 0.25) is 0 Å². The minimum absolute atomic E-state index is 0.436. The van der Waals surface area contributed by atoms with Gasteiger partial charge in [-0.3, -0.25) is 0 Å². The predicted molar refractivity (Wildman–Crippen MR) is 213 cm³/mol. The van der Waals surface area contributed by atoms with E-state index in [4.69, 9.17) is 16.5 Å². The van der Waals surface area contributed by atoms with Gasteiger partial charge in [-0.2, -0.15) is 0 Å². The first-order valence-electron chi connectivity index (χ1n) is 17.3. The normalized spacial score (nSPS) is 11.4. The van der Waals surface area contributed by atoms with Gasteiger partial charge in [0.2, 0.25) is 5.69 Å². The van der Waals surface area contributed by atoms with Crippen LogP contribution in [-0.2, 0) is 0 Å². The van der Waals surface area contributed by atoms with Crippen LogP contribution in [0.15, 0.2) is 176 Å². The second-order valence-corrected chi connectivity index (χ2v) is 12.9. The van der Waals surface area contributed by atoms with Crippen molar-refractivity contribution in [2.75, 3.05) is 0 Å². The van der Waals surface area contributed by atoms with Gasteiger partial charge in [-0.25, -0.2) is 14.8 Å². The van der Waals surface area contributed by atoms with E-state index in [0.29, 0.717) is 22.9 Å². The van der Waals surface area contributed by atoms with Crippen molar-refractivity contribution < 1.29 is 0 Å². The summed E-state index contributed by atoms with van der Waals surface area (Å²) >= 11 is 0. The summed E-state index contributed by atoms with van der Waals surface area (Å²) in [5.41, 5.74) is 10.8. The van der Waals surface area contributed by atoms with Crippen LogP contribution in [0.1, 0.15) is 0 Å². The van der Waals surface area contributed by atoms with Crippen LogP contribution < -0.4 is 0 Å². The molecule has 0 unspecified atom stereocenters. The average Bonchev–Trinajstić information content (AvgIpc) is 3.75. The maximum absolute atomic E-state index is 8.30. The Bertz CT molecular complexity index is 2930. The van der Waals surface area contributed by atoms with Gasteiger partial charge in [-0.15, -0.1) is 0 Å². The molecule has 0 bridgehead atoms. The van der Waals surface area contributed by atoms with Gasteiger partial charge >= 0.3 is 0 Å².